The Bertz CT molecular complexity index is 611. The molecule has 2 aromatic carbocycles. The molecule has 0 aliphatic carbocycles. The highest BCUT2D eigenvalue weighted by molar-refractivity contribution is 6.30. The van der Waals surface area contributed by atoms with E-state index in [1.165, 1.54) is 0 Å². The maximum atomic E-state index is 10.5. The Hall–Kier alpha value is -1.71. The van der Waals surface area contributed by atoms with Crippen molar-refractivity contribution in [3.05, 3.63) is 58.1 Å². The van der Waals surface area contributed by atoms with Crippen LogP contribution in [0.1, 0.15) is 22.8 Å². The van der Waals surface area contributed by atoms with Crippen LogP contribution in [-0.2, 0) is 0 Å². The van der Waals surface area contributed by atoms with Crippen molar-refractivity contribution in [1.29, 1.82) is 0 Å². The predicted octanol–water partition coefficient (Wildman–Crippen LogP) is 3.75. The topological polar surface area (TPSA) is 38.7 Å². The van der Waals surface area contributed by atoms with Crippen LogP contribution in [0.25, 0.3) is 0 Å². The zero-order chi connectivity index (χ0) is 14.7. The zero-order valence-electron chi connectivity index (χ0n) is 11.7. The first-order chi connectivity index (χ1) is 9.56. The van der Waals surface area contributed by atoms with E-state index < -0.39 is 6.10 Å². The lowest BCUT2D eigenvalue weighted by Crippen LogP contribution is -2.03. The Labute approximate surface area is 123 Å². The molecule has 2 rings (SSSR count). The summed E-state index contributed by atoms with van der Waals surface area (Å²) in [6.45, 7) is 1.94. The lowest BCUT2D eigenvalue weighted by Gasteiger charge is -2.16. The van der Waals surface area contributed by atoms with Gasteiger partial charge in [-0.05, 0) is 47.9 Å². The minimum Gasteiger partial charge on any atom is -0.493 e. The second-order valence-corrected chi connectivity index (χ2v) is 4.95. The molecule has 1 atom stereocenters. The molecule has 0 amide bonds. The molecule has 1 N–H and O–H groups in total. The van der Waals surface area contributed by atoms with Gasteiger partial charge in [0.05, 0.1) is 14.2 Å². The summed E-state index contributed by atoms with van der Waals surface area (Å²) in [6.07, 6.45) is -0.756. The van der Waals surface area contributed by atoms with Gasteiger partial charge in [0.15, 0.2) is 11.5 Å². The van der Waals surface area contributed by atoms with Gasteiger partial charge in [-0.2, -0.15) is 0 Å². The molecule has 0 aliphatic rings. The number of aliphatic hydroxyl groups is 1. The maximum absolute atomic E-state index is 10.5. The van der Waals surface area contributed by atoms with E-state index >= 15 is 0 Å². The Balaban J connectivity index is 2.42. The predicted molar refractivity (Wildman–Crippen MR) is 79.8 cm³/mol. The van der Waals surface area contributed by atoms with Gasteiger partial charge in [-0.1, -0.05) is 23.7 Å². The molecule has 0 aromatic heterocycles. The number of ether oxygens (including phenoxy) is 2. The van der Waals surface area contributed by atoms with Crippen LogP contribution in [0, 0.1) is 6.92 Å². The summed E-state index contributed by atoms with van der Waals surface area (Å²) in [5, 5.41) is 11.1. The number of benzene rings is 2. The van der Waals surface area contributed by atoms with Crippen LogP contribution >= 0.6 is 11.6 Å². The van der Waals surface area contributed by atoms with E-state index in [0.717, 1.165) is 16.7 Å². The Kier molecular flexibility index (Phi) is 4.53. The number of rotatable bonds is 4. The highest BCUT2D eigenvalue weighted by Gasteiger charge is 2.16. The van der Waals surface area contributed by atoms with Gasteiger partial charge in [-0.25, -0.2) is 0 Å². The summed E-state index contributed by atoms with van der Waals surface area (Å²) in [5.41, 5.74) is 2.49. The molecular formula is C16H17ClO3. The fraction of sp³-hybridized carbons (Fsp3) is 0.250. The molecule has 1 unspecified atom stereocenters. The van der Waals surface area contributed by atoms with Gasteiger partial charge in [-0.15, -0.1) is 0 Å². The van der Waals surface area contributed by atoms with Crippen LogP contribution in [0.2, 0.25) is 5.02 Å². The summed E-state index contributed by atoms with van der Waals surface area (Å²) in [7, 11) is 3.15. The average molecular weight is 293 g/mol. The molecular weight excluding hydrogens is 276 g/mol. The summed E-state index contributed by atoms with van der Waals surface area (Å²) < 4.78 is 10.4. The van der Waals surface area contributed by atoms with E-state index in [1.807, 2.05) is 25.1 Å². The molecule has 0 radical (unpaired) electrons. The minimum absolute atomic E-state index is 0.587. The van der Waals surface area contributed by atoms with E-state index in [9.17, 15) is 5.11 Å². The van der Waals surface area contributed by atoms with Gasteiger partial charge < -0.3 is 14.6 Å². The van der Waals surface area contributed by atoms with Crippen molar-refractivity contribution in [1.82, 2.24) is 0 Å². The van der Waals surface area contributed by atoms with E-state index in [4.69, 9.17) is 21.1 Å². The summed E-state index contributed by atoms with van der Waals surface area (Å²) in [5.74, 6) is 1.22. The SMILES string of the molecule is COc1ccc(C(O)c2cc(Cl)ccc2C)cc1OC. The molecule has 0 saturated carbocycles. The van der Waals surface area contributed by atoms with Crippen molar-refractivity contribution in [3.8, 4) is 11.5 Å². The molecule has 0 heterocycles. The Morgan fingerprint density at radius 3 is 2.35 bits per heavy atom. The largest absolute Gasteiger partial charge is 0.493 e. The van der Waals surface area contributed by atoms with Crippen molar-refractivity contribution in [2.45, 2.75) is 13.0 Å². The van der Waals surface area contributed by atoms with Crippen molar-refractivity contribution in [2.75, 3.05) is 14.2 Å². The third-order valence-corrected chi connectivity index (χ3v) is 3.49. The first-order valence-corrected chi connectivity index (χ1v) is 6.60. The van der Waals surface area contributed by atoms with Crippen LogP contribution in [0.15, 0.2) is 36.4 Å². The van der Waals surface area contributed by atoms with Gasteiger partial charge in [0.1, 0.15) is 6.10 Å². The van der Waals surface area contributed by atoms with Crippen molar-refractivity contribution >= 4 is 11.6 Å². The van der Waals surface area contributed by atoms with Gasteiger partial charge in [0, 0.05) is 5.02 Å². The molecule has 0 aliphatic heterocycles. The van der Waals surface area contributed by atoms with Crippen molar-refractivity contribution < 1.29 is 14.6 Å². The highest BCUT2D eigenvalue weighted by Crippen LogP contribution is 2.33. The lowest BCUT2D eigenvalue weighted by atomic mass is 9.97. The quantitative estimate of drug-likeness (QED) is 0.933. The molecule has 3 nitrogen and oxygen atoms in total. The number of aryl methyl sites for hydroxylation is 1. The van der Waals surface area contributed by atoms with Crippen molar-refractivity contribution in [3.63, 3.8) is 0 Å². The fourth-order valence-electron chi connectivity index (χ4n) is 2.11. The monoisotopic (exact) mass is 292 g/mol. The van der Waals surface area contributed by atoms with Crippen LogP contribution in [-0.4, -0.2) is 19.3 Å². The average Bonchev–Trinajstić information content (AvgIpc) is 2.48. The summed E-state index contributed by atoms with van der Waals surface area (Å²) in [4.78, 5) is 0. The highest BCUT2D eigenvalue weighted by atomic mass is 35.5. The summed E-state index contributed by atoms with van der Waals surface area (Å²) >= 11 is 6.00. The number of hydrogen-bond donors (Lipinski definition) is 1. The lowest BCUT2D eigenvalue weighted by molar-refractivity contribution is 0.218. The van der Waals surface area contributed by atoms with Crippen molar-refractivity contribution in [2.24, 2.45) is 0 Å². The number of hydrogen-bond acceptors (Lipinski definition) is 3. The Morgan fingerprint density at radius 2 is 1.70 bits per heavy atom. The van der Waals surface area contributed by atoms with Gasteiger partial charge in [-0.3, -0.25) is 0 Å². The third kappa shape index (κ3) is 2.89. The first-order valence-electron chi connectivity index (χ1n) is 6.23. The normalized spacial score (nSPS) is 12.1. The second-order valence-electron chi connectivity index (χ2n) is 4.52. The molecule has 106 valence electrons. The second kappa shape index (κ2) is 6.16. The van der Waals surface area contributed by atoms with E-state index in [2.05, 4.69) is 0 Å². The minimum atomic E-state index is -0.756. The van der Waals surface area contributed by atoms with Gasteiger partial charge in [0.2, 0.25) is 0 Å². The molecule has 0 fully saturated rings. The molecule has 0 saturated heterocycles. The molecule has 4 heteroatoms. The molecule has 0 spiro atoms. The number of halogens is 1. The fourth-order valence-corrected chi connectivity index (χ4v) is 2.29. The third-order valence-electron chi connectivity index (χ3n) is 3.26. The smallest absolute Gasteiger partial charge is 0.161 e. The zero-order valence-corrected chi connectivity index (χ0v) is 12.4. The van der Waals surface area contributed by atoms with E-state index in [0.29, 0.717) is 16.5 Å². The summed E-state index contributed by atoms with van der Waals surface area (Å²) in [6, 6.07) is 10.8. The van der Waals surface area contributed by atoms with E-state index in [1.54, 1.807) is 32.4 Å². The standard InChI is InChI=1S/C16H17ClO3/c1-10-4-6-12(17)9-13(10)16(18)11-5-7-14(19-2)15(8-11)20-3/h4-9,16,18H,1-3H3. The van der Waals surface area contributed by atoms with Crippen LogP contribution < -0.4 is 9.47 Å². The van der Waals surface area contributed by atoms with Crippen LogP contribution in [0.4, 0.5) is 0 Å². The van der Waals surface area contributed by atoms with Gasteiger partial charge in [0.25, 0.3) is 0 Å². The number of methoxy groups -OCH3 is 2. The Morgan fingerprint density at radius 1 is 1.00 bits per heavy atom. The molecule has 20 heavy (non-hydrogen) atoms. The first kappa shape index (κ1) is 14.7. The number of aliphatic hydroxyl groups excluding tert-OH is 1. The van der Waals surface area contributed by atoms with Crippen LogP contribution in [0.5, 0.6) is 11.5 Å². The maximum Gasteiger partial charge on any atom is 0.161 e. The van der Waals surface area contributed by atoms with E-state index in [-0.39, 0.29) is 0 Å². The molecule has 2 aromatic rings. The van der Waals surface area contributed by atoms with Crippen LogP contribution in [0.3, 0.4) is 0 Å². The van der Waals surface area contributed by atoms with Gasteiger partial charge >= 0.3 is 0 Å². The molecule has 0 bridgehead atoms.